The average molecular weight is 261 g/mol. The quantitative estimate of drug-likeness (QED) is 0.859. The molecular weight excluding hydrogens is 242 g/mol. The summed E-state index contributed by atoms with van der Waals surface area (Å²) >= 11 is 1.77. The van der Waals surface area contributed by atoms with Gasteiger partial charge in [0.1, 0.15) is 0 Å². The lowest BCUT2D eigenvalue weighted by molar-refractivity contribution is 0.277. The Morgan fingerprint density at radius 2 is 2.00 bits per heavy atom. The molecule has 1 atom stereocenters. The fourth-order valence-electron chi connectivity index (χ4n) is 1.90. The van der Waals surface area contributed by atoms with E-state index in [1.165, 1.54) is 15.3 Å². The Hall–Kier alpha value is -1.32. The van der Waals surface area contributed by atoms with Crippen molar-refractivity contribution in [3.05, 3.63) is 51.7 Å². The molecule has 1 unspecified atom stereocenters. The van der Waals surface area contributed by atoms with Crippen molar-refractivity contribution in [3.8, 4) is 0 Å². The van der Waals surface area contributed by atoms with Crippen molar-refractivity contribution in [3.63, 3.8) is 0 Å². The molecule has 1 aromatic heterocycles. The number of nitrogens with one attached hydrogen (secondary N) is 1. The molecule has 0 fully saturated rings. The highest BCUT2D eigenvalue weighted by Crippen LogP contribution is 2.27. The fraction of sp³-hybridized carbons (Fsp3) is 0.333. The van der Waals surface area contributed by atoms with E-state index < -0.39 is 0 Å². The lowest BCUT2D eigenvalue weighted by Gasteiger charge is -2.17. The van der Waals surface area contributed by atoms with Crippen molar-refractivity contribution in [2.45, 2.75) is 26.3 Å². The van der Waals surface area contributed by atoms with Crippen LogP contribution in [0.25, 0.3) is 0 Å². The largest absolute Gasteiger partial charge is 0.394 e. The first-order chi connectivity index (χ1) is 8.74. The Morgan fingerprint density at radius 3 is 2.61 bits per heavy atom. The Balaban J connectivity index is 2.17. The van der Waals surface area contributed by atoms with Crippen LogP contribution in [0.2, 0.25) is 0 Å². The van der Waals surface area contributed by atoms with Gasteiger partial charge in [0.25, 0.3) is 0 Å². The van der Waals surface area contributed by atoms with Crippen molar-refractivity contribution in [2.75, 3.05) is 11.9 Å². The molecule has 1 heterocycles. The van der Waals surface area contributed by atoms with Gasteiger partial charge >= 0.3 is 0 Å². The number of benzene rings is 1. The standard InChI is InChI=1S/C15H19NOS/c1-3-12-8-9-15(18-12)14(10-17)16-13-7-5-4-6-11(13)2/h4-9,14,16-17H,3,10H2,1-2H3. The van der Waals surface area contributed by atoms with Gasteiger partial charge in [0, 0.05) is 15.4 Å². The summed E-state index contributed by atoms with van der Waals surface area (Å²) in [7, 11) is 0. The number of para-hydroxylation sites is 1. The van der Waals surface area contributed by atoms with Gasteiger partial charge in [-0.3, -0.25) is 0 Å². The molecule has 0 aliphatic rings. The molecule has 0 saturated heterocycles. The first-order valence-electron chi connectivity index (χ1n) is 6.26. The molecule has 96 valence electrons. The maximum atomic E-state index is 9.56. The SMILES string of the molecule is CCc1ccc(C(CO)Nc2ccccc2C)s1. The number of aliphatic hydroxyl groups excluding tert-OH is 1. The topological polar surface area (TPSA) is 32.3 Å². The molecule has 3 heteroatoms. The second-order valence-corrected chi connectivity index (χ2v) is 5.55. The van der Waals surface area contributed by atoms with E-state index >= 15 is 0 Å². The zero-order valence-electron chi connectivity index (χ0n) is 10.8. The number of anilines is 1. The molecule has 0 amide bonds. The monoisotopic (exact) mass is 261 g/mol. The zero-order chi connectivity index (χ0) is 13.0. The normalized spacial score (nSPS) is 12.4. The molecule has 1 aromatic carbocycles. The summed E-state index contributed by atoms with van der Waals surface area (Å²) < 4.78 is 0. The Kier molecular flexibility index (Phi) is 4.39. The molecule has 0 radical (unpaired) electrons. The van der Waals surface area contributed by atoms with Crippen LogP contribution in [0.15, 0.2) is 36.4 Å². The third kappa shape index (κ3) is 2.92. The van der Waals surface area contributed by atoms with Crippen molar-refractivity contribution in [1.82, 2.24) is 0 Å². The lowest BCUT2D eigenvalue weighted by Crippen LogP contribution is -2.14. The van der Waals surface area contributed by atoms with E-state index in [1.54, 1.807) is 11.3 Å². The van der Waals surface area contributed by atoms with Gasteiger partial charge in [-0.1, -0.05) is 25.1 Å². The number of aliphatic hydroxyl groups is 1. The van der Waals surface area contributed by atoms with Gasteiger partial charge in [-0.05, 0) is 37.1 Å². The van der Waals surface area contributed by atoms with E-state index in [0.29, 0.717) is 0 Å². The van der Waals surface area contributed by atoms with E-state index in [1.807, 2.05) is 18.2 Å². The third-order valence-corrected chi connectivity index (χ3v) is 4.37. The Labute approximate surface area is 112 Å². The summed E-state index contributed by atoms with van der Waals surface area (Å²) in [5, 5.41) is 13.0. The van der Waals surface area contributed by atoms with E-state index in [4.69, 9.17) is 0 Å². The Bertz CT molecular complexity index is 507. The third-order valence-electron chi connectivity index (χ3n) is 3.03. The summed E-state index contributed by atoms with van der Waals surface area (Å²) in [6, 6.07) is 12.4. The molecule has 0 aliphatic carbocycles. The summed E-state index contributed by atoms with van der Waals surface area (Å²) in [6.45, 7) is 4.33. The fourth-order valence-corrected chi connectivity index (χ4v) is 2.90. The van der Waals surface area contributed by atoms with Crippen LogP contribution in [0.3, 0.4) is 0 Å². The summed E-state index contributed by atoms with van der Waals surface area (Å²) in [6.07, 6.45) is 1.05. The van der Waals surface area contributed by atoms with Crippen LogP contribution in [-0.2, 0) is 6.42 Å². The van der Waals surface area contributed by atoms with Gasteiger partial charge in [0.15, 0.2) is 0 Å². The van der Waals surface area contributed by atoms with Gasteiger partial charge in [-0.25, -0.2) is 0 Å². The van der Waals surface area contributed by atoms with Crippen LogP contribution < -0.4 is 5.32 Å². The molecule has 2 aromatic rings. The maximum absolute atomic E-state index is 9.56. The number of aryl methyl sites for hydroxylation is 2. The van der Waals surface area contributed by atoms with Gasteiger partial charge in [0.05, 0.1) is 12.6 Å². The predicted octanol–water partition coefficient (Wildman–Crippen LogP) is 3.76. The van der Waals surface area contributed by atoms with E-state index in [2.05, 4.69) is 37.4 Å². The van der Waals surface area contributed by atoms with E-state index in [9.17, 15) is 5.11 Å². The highest BCUT2D eigenvalue weighted by Gasteiger charge is 2.13. The van der Waals surface area contributed by atoms with Crippen LogP contribution in [-0.4, -0.2) is 11.7 Å². The summed E-state index contributed by atoms with van der Waals surface area (Å²) in [5.74, 6) is 0. The minimum absolute atomic E-state index is 0.0172. The first-order valence-corrected chi connectivity index (χ1v) is 7.08. The Morgan fingerprint density at radius 1 is 1.22 bits per heavy atom. The van der Waals surface area contributed by atoms with Crippen molar-refractivity contribution in [1.29, 1.82) is 0 Å². The van der Waals surface area contributed by atoms with E-state index in [-0.39, 0.29) is 12.6 Å². The van der Waals surface area contributed by atoms with Gasteiger partial charge in [-0.15, -0.1) is 11.3 Å². The molecule has 0 aliphatic heterocycles. The molecule has 0 saturated carbocycles. The van der Waals surface area contributed by atoms with Crippen LogP contribution in [0.1, 0.15) is 28.3 Å². The van der Waals surface area contributed by atoms with Gasteiger partial charge < -0.3 is 10.4 Å². The molecule has 2 nitrogen and oxygen atoms in total. The molecule has 0 spiro atoms. The van der Waals surface area contributed by atoms with Crippen LogP contribution in [0.5, 0.6) is 0 Å². The molecule has 0 bridgehead atoms. The highest BCUT2D eigenvalue weighted by atomic mass is 32.1. The second-order valence-electron chi connectivity index (χ2n) is 4.35. The van der Waals surface area contributed by atoms with E-state index in [0.717, 1.165) is 12.1 Å². The minimum Gasteiger partial charge on any atom is -0.394 e. The number of hydrogen-bond acceptors (Lipinski definition) is 3. The van der Waals surface area contributed by atoms with Gasteiger partial charge in [0.2, 0.25) is 0 Å². The second kappa shape index (κ2) is 6.03. The van der Waals surface area contributed by atoms with Crippen LogP contribution >= 0.6 is 11.3 Å². The molecule has 18 heavy (non-hydrogen) atoms. The lowest BCUT2D eigenvalue weighted by atomic mass is 10.1. The predicted molar refractivity (Wildman–Crippen MR) is 78.3 cm³/mol. The van der Waals surface area contributed by atoms with Crippen molar-refractivity contribution in [2.24, 2.45) is 0 Å². The minimum atomic E-state index is -0.0172. The van der Waals surface area contributed by atoms with Crippen molar-refractivity contribution < 1.29 is 5.11 Å². The average Bonchev–Trinajstić information content (AvgIpc) is 2.86. The van der Waals surface area contributed by atoms with Crippen LogP contribution in [0.4, 0.5) is 5.69 Å². The molecule has 2 N–H and O–H groups in total. The maximum Gasteiger partial charge on any atom is 0.0837 e. The number of rotatable bonds is 5. The summed E-state index contributed by atoms with van der Waals surface area (Å²) in [4.78, 5) is 2.55. The molecular formula is C15H19NOS. The summed E-state index contributed by atoms with van der Waals surface area (Å²) in [5.41, 5.74) is 2.28. The zero-order valence-corrected chi connectivity index (χ0v) is 11.6. The first kappa shape index (κ1) is 13.1. The number of thiophene rings is 1. The van der Waals surface area contributed by atoms with Crippen LogP contribution in [0, 0.1) is 6.92 Å². The van der Waals surface area contributed by atoms with Crippen molar-refractivity contribution >= 4 is 17.0 Å². The highest BCUT2D eigenvalue weighted by molar-refractivity contribution is 7.12. The smallest absolute Gasteiger partial charge is 0.0837 e. The number of hydrogen-bond donors (Lipinski definition) is 2. The molecule has 2 rings (SSSR count). The van der Waals surface area contributed by atoms with Gasteiger partial charge in [-0.2, -0.15) is 0 Å².